The molecule has 1 aliphatic rings. The van der Waals surface area contributed by atoms with Gasteiger partial charge in [0.2, 0.25) is 5.91 Å². The molecule has 1 unspecified atom stereocenters. The van der Waals surface area contributed by atoms with E-state index in [0.29, 0.717) is 12.8 Å². The molecule has 0 bridgehead atoms. The number of halogens is 2. The molecule has 0 aliphatic heterocycles. The maximum atomic E-state index is 13.4. The van der Waals surface area contributed by atoms with Crippen molar-refractivity contribution in [2.45, 2.75) is 18.9 Å². The first-order valence-corrected chi connectivity index (χ1v) is 6.14. The van der Waals surface area contributed by atoms with Crippen LogP contribution in [0.2, 0.25) is 0 Å². The largest absolute Gasteiger partial charge is 0.386 e. The molecule has 3 nitrogen and oxygen atoms in total. The SMILES string of the molecule is O=C(NCC(O)c1c(F)cccc1F)C1CC=CC1. The molecular formula is C14H15F2NO2. The van der Waals surface area contributed by atoms with E-state index in [4.69, 9.17) is 0 Å². The number of rotatable bonds is 4. The molecule has 0 fully saturated rings. The predicted molar refractivity (Wildman–Crippen MR) is 66.2 cm³/mol. The van der Waals surface area contributed by atoms with Crippen LogP contribution in [-0.2, 0) is 4.79 Å². The Balaban J connectivity index is 1.94. The van der Waals surface area contributed by atoms with E-state index in [9.17, 15) is 18.7 Å². The Morgan fingerprint density at radius 3 is 2.47 bits per heavy atom. The van der Waals surface area contributed by atoms with Gasteiger partial charge in [0.1, 0.15) is 17.7 Å². The maximum absolute atomic E-state index is 13.4. The molecule has 0 heterocycles. The van der Waals surface area contributed by atoms with E-state index in [-0.39, 0.29) is 18.4 Å². The zero-order valence-corrected chi connectivity index (χ0v) is 10.3. The number of aliphatic hydroxyl groups excluding tert-OH is 1. The van der Waals surface area contributed by atoms with Crippen molar-refractivity contribution in [2.24, 2.45) is 5.92 Å². The lowest BCUT2D eigenvalue weighted by Gasteiger charge is -2.15. The molecule has 5 heteroatoms. The van der Waals surface area contributed by atoms with Crippen LogP contribution in [0.1, 0.15) is 24.5 Å². The fraction of sp³-hybridized carbons (Fsp3) is 0.357. The molecule has 0 saturated heterocycles. The summed E-state index contributed by atoms with van der Waals surface area (Å²) in [5, 5.41) is 12.3. The van der Waals surface area contributed by atoms with E-state index in [0.717, 1.165) is 12.1 Å². The molecule has 1 amide bonds. The number of carbonyl (C=O) groups excluding carboxylic acids is 1. The zero-order chi connectivity index (χ0) is 13.8. The molecule has 102 valence electrons. The van der Waals surface area contributed by atoms with Crippen LogP contribution >= 0.6 is 0 Å². The van der Waals surface area contributed by atoms with Crippen molar-refractivity contribution in [1.29, 1.82) is 0 Å². The van der Waals surface area contributed by atoms with E-state index in [1.54, 1.807) is 0 Å². The van der Waals surface area contributed by atoms with Crippen LogP contribution in [0.3, 0.4) is 0 Å². The van der Waals surface area contributed by atoms with Crippen LogP contribution in [0, 0.1) is 17.6 Å². The maximum Gasteiger partial charge on any atom is 0.223 e. The van der Waals surface area contributed by atoms with Gasteiger partial charge in [-0.05, 0) is 25.0 Å². The number of nitrogens with one attached hydrogen (secondary N) is 1. The molecular weight excluding hydrogens is 252 g/mol. The Morgan fingerprint density at radius 1 is 1.32 bits per heavy atom. The highest BCUT2D eigenvalue weighted by molar-refractivity contribution is 5.79. The first kappa shape index (κ1) is 13.7. The zero-order valence-electron chi connectivity index (χ0n) is 10.3. The number of amides is 1. The highest BCUT2D eigenvalue weighted by Crippen LogP contribution is 2.21. The van der Waals surface area contributed by atoms with Gasteiger partial charge in [0.25, 0.3) is 0 Å². The minimum Gasteiger partial charge on any atom is -0.386 e. The van der Waals surface area contributed by atoms with Gasteiger partial charge >= 0.3 is 0 Å². The number of hydrogen-bond acceptors (Lipinski definition) is 2. The van der Waals surface area contributed by atoms with Crippen LogP contribution in [0.15, 0.2) is 30.4 Å². The lowest BCUT2D eigenvalue weighted by molar-refractivity contribution is -0.125. The summed E-state index contributed by atoms with van der Waals surface area (Å²) >= 11 is 0. The Labute approximate surface area is 109 Å². The standard InChI is InChI=1S/C14H15F2NO2/c15-10-6-3-7-11(16)13(10)12(18)8-17-14(19)9-4-1-2-5-9/h1-3,6-7,9,12,18H,4-5,8H2,(H,17,19). The van der Waals surface area contributed by atoms with Crippen molar-refractivity contribution < 1.29 is 18.7 Å². The number of carbonyl (C=O) groups is 1. The van der Waals surface area contributed by atoms with Crippen LogP contribution in [0.5, 0.6) is 0 Å². The summed E-state index contributed by atoms with van der Waals surface area (Å²) in [4.78, 5) is 11.7. The minimum absolute atomic E-state index is 0.141. The molecule has 2 N–H and O–H groups in total. The van der Waals surface area contributed by atoms with Gasteiger partial charge in [0, 0.05) is 12.5 Å². The highest BCUT2D eigenvalue weighted by Gasteiger charge is 2.22. The molecule has 19 heavy (non-hydrogen) atoms. The van der Waals surface area contributed by atoms with Gasteiger partial charge in [-0.2, -0.15) is 0 Å². The summed E-state index contributed by atoms with van der Waals surface area (Å²) in [5.74, 6) is -1.98. The Kier molecular flexibility index (Phi) is 4.27. The highest BCUT2D eigenvalue weighted by atomic mass is 19.1. The Hall–Kier alpha value is -1.75. The van der Waals surface area contributed by atoms with Crippen molar-refractivity contribution >= 4 is 5.91 Å². The topological polar surface area (TPSA) is 49.3 Å². The summed E-state index contributed by atoms with van der Waals surface area (Å²) < 4.78 is 26.8. The molecule has 0 radical (unpaired) electrons. The second-order valence-corrected chi connectivity index (χ2v) is 4.54. The summed E-state index contributed by atoms with van der Waals surface area (Å²) in [6.07, 6.45) is 3.76. The lowest BCUT2D eigenvalue weighted by atomic mass is 10.1. The average Bonchev–Trinajstić information content (AvgIpc) is 2.89. The summed E-state index contributed by atoms with van der Waals surface area (Å²) in [6, 6.07) is 3.37. The van der Waals surface area contributed by atoms with Crippen LogP contribution in [0.4, 0.5) is 8.78 Å². The number of allylic oxidation sites excluding steroid dienone is 2. The van der Waals surface area contributed by atoms with Crippen molar-refractivity contribution in [3.8, 4) is 0 Å². The van der Waals surface area contributed by atoms with Gasteiger partial charge in [-0.25, -0.2) is 8.78 Å². The summed E-state index contributed by atoms with van der Waals surface area (Å²) in [5.41, 5.74) is -0.410. The van der Waals surface area contributed by atoms with E-state index in [1.165, 1.54) is 6.07 Å². The third kappa shape index (κ3) is 3.17. The van der Waals surface area contributed by atoms with Crippen molar-refractivity contribution in [3.63, 3.8) is 0 Å². The molecule has 1 aliphatic carbocycles. The monoisotopic (exact) mass is 267 g/mol. The quantitative estimate of drug-likeness (QED) is 0.821. The van der Waals surface area contributed by atoms with Crippen molar-refractivity contribution in [1.82, 2.24) is 5.32 Å². The third-order valence-corrected chi connectivity index (χ3v) is 3.18. The van der Waals surface area contributed by atoms with E-state index < -0.39 is 23.3 Å². The van der Waals surface area contributed by atoms with E-state index in [2.05, 4.69) is 5.32 Å². The van der Waals surface area contributed by atoms with Crippen LogP contribution in [0.25, 0.3) is 0 Å². The molecule has 1 atom stereocenters. The van der Waals surface area contributed by atoms with Gasteiger partial charge in [-0.1, -0.05) is 18.2 Å². The number of hydrogen-bond donors (Lipinski definition) is 2. The van der Waals surface area contributed by atoms with E-state index >= 15 is 0 Å². The Bertz CT molecular complexity index is 474. The molecule has 0 saturated carbocycles. The van der Waals surface area contributed by atoms with Crippen molar-refractivity contribution in [3.05, 3.63) is 47.5 Å². The normalized spacial score (nSPS) is 16.6. The number of aliphatic hydroxyl groups is 1. The van der Waals surface area contributed by atoms with E-state index in [1.807, 2.05) is 12.2 Å². The average molecular weight is 267 g/mol. The summed E-state index contributed by atoms with van der Waals surface area (Å²) in [7, 11) is 0. The first-order valence-electron chi connectivity index (χ1n) is 6.14. The smallest absolute Gasteiger partial charge is 0.223 e. The lowest BCUT2D eigenvalue weighted by Crippen LogP contribution is -2.33. The second-order valence-electron chi connectivity index (χ2n) is 4.54. The van der Waals surface area contributed by atoms with Crippen LogP contribution < -0.4 is 5.32 Å². The fourth-order valence-corrected chi connectivity index (χ4v) is 2.10. The van der Waals surface area contributed by atoms with Gasteiger partial charge in [0.05, 0.1) is 5.56 Å². The van der Waals surface area contributed by atoms with Gasteiger partial charge < -0.3 is 10.4 Å². The van der Waals surface area contributed by atoms with Gasteiger partial charge in [-0.15, -0.1) is 0 Å². The third-order valence-electron chi connectivity index (χ3n) is 3.18. The van der Waals surface area contributed by atoms with Gasteiger partial charge in [-0.3, -0.25) is 4.79 Å². The molecule has 0 spiro atoms. The Morgan fingerprint density at radius 2 is 1.89 bits per heavy atom. The molecule has 0 aromatic heterocycles. The van der Waals surface area contributed by atoms with Crippen molar-refractivity contribution in [2.75, 3.05) is 6.54 Å². The number of benzene rings is 1. The fourth-order valence-electron chi connectivity index (χ4n) is 2.10. The molecule has 1 aromatic rings. The van der Waals surface area contributed by atoms with Crippen LogP contribution in [-0.4, -0.2) is 17.6 Å². The first-order chi connectivity index (χ1) is 9.09. The second kappa shape index (κ2) is 5.93. The minimum atomic E-state index is -1.39. The van der Waals surface area contributed by atoms with Gasteiger partial charge in [0.15, 0.2) is 0 Å². The molecule has 1 aromatic carbocycles. The molecule has 2 rings (SSSR count). The summed E-state index contributed by atoms with van der Waals surface area (Å²) in [6.45, 7) is -0.201. The predicted octanol–water partition coefficient (Wildman–Crippen LogP) is 2.08.